The van der Waals surface area contributed by atoms with E-state index in [2.05, 4.69) is 5.10 Å². The lowest BCUT2D eigenvalue weighted by atomic mass is 10.2. The summed E-state index contributed by atoms with van der Waals surface area (Å²) in [5, 5.41) is 4.17. The number of hydrogen-bond donors (Lipinski definition) is 1. The van der Waals surface area contributed by atoms with Gasteiger partial charge in [-0.2, -0.15) is 5.10 Å². The minimum atomic E-state index is -0.196. The summed E-state index contributed by atoms with van der Waals surface area (Å²) < 4.78 is 15.1. The molecule has 2 N–H and O–H groups in total. The molecule has 0 bridgehead atoms. The minimum Gasteiger partial charge on any atom is -0.330 e. The van der Waals surface area contributed by atoms with E-state index in [1.54, 1.807) is 23.0 Å². The van der Waals surface area contributed by atoms with Gasteiger partial charge in [0, 0.05) is 11.8 Å². The monoisotopic (exact) mass is 219 g/mol. The zero-order valence-corrected chi connectivity index (χ0v) is 8.94. The van der Waals surface area contributed by atoms with Gasteiger partial charge < -0.3 is 5.73 Å². The molecule has 84 valence electrons. The first-order valence-electron chi connectivity index (χ1n) is 5.24. The summed E-state index contributed by atoms with van der Waals surface area (Å²) in [5.74, 6) is -0.196. The Balaban J connectivity index is 2.11. The van der Waals surface area contributed by atoms with Crippen LogP contribution in [0.1, 0.15) is 11.1 Å². The van der Waals surface area contributed by atoms with Crippen LogP contribution in [0.5, 0.6) is 0 Å². The Hall–Kier alpha value is -1.68. The Kier molecular flexibility index (Phi) is 3.31. The third-order valence-electron chi connectivity index (χ3n) is 2.41. The molecule has 0 aliphatic heterocycles. The molecule has 0 unspecified atom stereocenters. The second-order valence-corrected chi connectivity index (χ2v) is 3.68. The van der Waals surface area contributed by atoms with Crippen LogP contribution in [0.2, 0.25) is 0 Å². The Morgan fingerprint density at radius 3 is 2.88 bits per heavy atom. The van der Waals surface area contributed by atoms with Crippen molar-refractivity contribution in [1.82, 2.24) is 9.78 Å². The first kappa shape index (κ1) is 10.8. The van der Waals surface area contributed by atoms with Crippen LogP contribution < -0.4 is 5.73 Å². The molecule has 16 heavy (non-hydrogen) atoms. The van der Waals surface area contributed by atoms with Crippen molar-refractivity contribution < 1.29 is 4.39 Å². The zero-order chi connectivity index (χ0) is 11.4. The largest absolute Gasteiger partial charge is 0.330 e. The minimum absolute atomic E-state index is 0.196. The van der Waals surface area contributed by atoms with Crippen LogP contribution >= 0.6 is 0 Å². The molecule has 0 saturated carbocycles. The molecule has 0 aliphatic rings. The average molecular weight is 219 g/mol. The smallest absolute Gasteiger partial charge is 0.128 e. The van der Waals surface area contributed by atoms with Gasteiger partial charge in [-0.3, -0.25) is 4.68 Å². The van der Waals surface area contributed by atoms with E-state index in [4.69, 9.17) is 5.73 Å². The lowest BCUT2D eigenvalue weighted by Gasteiger charge is -2.02. The summed E-state index contributed by atoms with van der Waals surface area (Å²) in [5.41, 5.74) is 7.18. The van der Waals surface area contributed by atoms with E-state index in [0.717, 1.165) is 12.0 Å². The van der Waals surface area contributed by atoms with Crippen LogP contribution in [-0.4, -0.2) is 16.3 Å². The predicted molar refractivity (Wildman–Crippen MR) is 60.5 cm³/mol. The van der Waals surface area contributed by atoms with Gasteiger partial charge in [0.15, 0.2) is 0 Å². The van der Waals surface area contributed by atoms with Crippen LogP contribution in [0.15, 0.2) is 36.7 Å². The van der Waals surface area contributed by atoms with Gasteiger partial charge in [0.2, 0.25) is 0 Å². The maximum Gasteiger partial charge on any atom is 0.128 e. The normalized spacial score (nSPS) is 10.6. The third-order valence-corrected chi connectivity index (χ3v) is 2.41. The van der Waals surface area contributed by atoms with E-state index in [9.17, 15) is 4.39 Å². The SMILES string of the molecule is NCCc1cnn(Cc2ccccc2F)c1. The molecule has 1 heterocycles. The van der Waals surface area contributed by atoms with E-state index in [1.807, 2.05) is 12.3 Å². The zero-order valence-electron chi connectivity index (χ0n) is 8.94. The van der Waals surface area contributed by atoms with Gasteiger partial charge >= 0.3 is 0 Å². The summed E-state index contributed by atoms with van der Waals surface area (Å²) in [6.45, 7) is 1.06. The highest BCUT2D eigenvalue weighted by Crippen LogP contribution is 2.08. The Labute approximate surface area is 93.7 Å². The number of halogens is 1. The van der Waals surface area contributed by atoms with E-state index >= 15 is 0 Å². The summed E-state index contributed by atoms with van der Waals surface area (Å²) >= 11 is 0. The molecule has 0 aliphatic carbocycles. The van der Waals surface area contributed by atoms with Crippen LogP contribution in [0.3, 0.4) is 0 Å². The molecule has 0 atom stereocenters. The van der Waals surface area contributed by atoms with Crippen molar-refractivity contribution in [1.29, 1.82) is 0 Å². The third kappa shape index (κ3) is 2.46. The Morgan fingerprint density at radius 1 is 1.31 bits per heavy atom. The van der Waals surface area contributed by atoms with E-state index < -0.39 is 0 Å². The predicted octanol–water partition coefficient (Wildman–Crippen LogP) is 1.57. The van der Waals surface area contributed by atoms with Crippen molar-refractivity contribution in [3.05, 3.63) is 53.6 Å². The first-order valence-corrected chi connectivity index (χ1v) is 5.24. The summed E-state index contributed by atoms with van der Waals surface area (Å²) in [6.07, 6.45) is 4.48. The molecule has 0 amide bonds. The molecule has 3 nitrogen and oxygen atoms in total. The van der Waals surface area contributed by atoms with Gasteiger partial charge in [0.05, 0.1) is 12.7 Å². The standard InChI is InChI=1S/C12H14FN3/c13-12-4-2-1-3-11(12)9-16-8-10(5-6-14)7-15-16/h1-4,7-8H,5-6,9,14H2. The fourth-order valence-corrected chi connectivity index (χ4v) is 1.59. The summed E-state index contributed by atoms with van der Waals surface area (Å²) in [6, 6.07) is 6.73. The molecule has 0 fully saturated rings. The maximum absolute atomic E-state index is 13.4. The molecule has 0 saturated heterocycles. The fourth-order valence-electron chi connectivity index (χ4n) is 1.59. The number of rotatable bonds is 4. The van der Waals surface area contributed by atoms with Gasteiger partial charge in [0.1, 0.15) is 5.82 Å². The van der Waals surface area contributed by atoms with Crippen molar-refractivity contribution in [2.45, 2.75) is 13.0 Å². The highest BCUT2D eigenvalue weighted by molar-refractivity contribution is 5.18. The van der Waals surface area contributed by atoms with Crippen molar-refractivity contribution in [3.8, 4) is 0 Å². The number of benzene rings is 1. The molecule has 4 heteroatoms. The maximum atomic E-state index is 13.4. The molecule has 0 radical (unpaired) electrons. The number of hydrogen-bond acceptors (Lipinski definition) is 2. The van der Waals surface area contributed by atoms with Crippen LogP contribution in [0.25, 0.3) is 0 Å². The van der Waals surface area contributed by atoms with Gasteiger partial charge in [-0.25, -0.2) is 4.39 Å². The topological polar surface area (TPSA) is 43.8 Å². The quantitative estimate of drug-likeness (QED) is 0.848. The Bertz CT molecular complexity index is 465. The van der Waals surface area contributed by atoms with Gasteiger partial charge in [-0.05, 0) is 24.6 Å². The van der Waals surface area contributed by atoms with Crippen LogP contribution in [0, 0.1) is 5.82 Å². The van der Waals surface area contributed by atoms with E-state index in [1.165, 1.54) is 6.07 Å². The number of aromatic nitrogens is 2. The van der Waals surface area contributed by atoms with Crippen molar-refractivity contribution >= 4 is 0 Å². The second-order valence-electron chi connectivity index (χ2n) is 3.68. The number of nitrogens with zero attached hydrogens (tertiary/aromatic N) is 2. The van der Waals surface area contributed by atoms with Crippen molar-refractivity contribution in [3.63, 3.8) is 0 Å². The Morgan fingerprint density at radius 2 is 2.12 bits per heavy atom. The molecule has 1 aromatic heterocycles. The lowest BCUT2D eigenvalue weighted by molar-refractivity contribution is 0.585. The van der Waals surface area contributed by atoms with Crippen molar-refractivity contribution in [2.75, 3.05) is 6.54 Å². The highest BCUT2D eigenvalue weighted by Gasteiger charge is 2.03. The highest BCUT2D eigenvalue weighted by atomic mass is 19.1. The average Bonchev–Trinajstić information content (AvgIpc) is 2.70. The van der Waals surface area contributed by atoms with Crippen LogP contribution in [0.4, 0.5) is 4.39 Å². The van der Waals surface area contributed by atoms with Gasteiger partial charge in [-0.1, -0.05) is 18.2 Å². The molecule has 0 spiro atoms. The summed E-state index contributed by atoms with van der Waals surface area (Å²) in [7, 11) is 0. The van der Waals surface area contributed by atoms with E-state index in [-0.39, 0.29) is 5.82 Å². The van der Waals surface area contributed by atoms with Gasteiger partial charge in [-0.15, -0.1) is 0 Å². The molecule has 1 aromatic carbocycles. The number of nitrogens with two attached hydrogens (primary N) is 1. The lowest BCUT2D eigenvalue weighted by Crippen LogP contribution is -2.03. The molecular weight excluding hydrogens is 205 g/mol. The molecule has 2 aromatic rings. The van der Waals surface area contributed by atoms with Crippen molar-refractivity contribution in [2.24, 2.45) is 5.73 Å². The second kappa shape index (κ2) is 4.90. The van der Waals surface area contributed by atoms with Gasteiger partial charge in [0.25, 0.3) is 0 Å². The molecule has 2 rings (SSSR count). The van der Waals surface area contributed by atoms with Crippen LogP contribution in [-0.2, 0) is 13.0 Å². The van der Waals surface area contributed by atoms with E-state index in [0.29, 0.717) is 18.7 Å². The fraction of sp³-hybridized carbons (Fsp3) is 0.250. The molecular formula is C12H14FN3. The summed E-state index contributed by atoms with van der Waals surface area (Å²) in [4.78, 5) is 0. The first-order chi connectivity index (χ1) is 7.79.